The minimum absolute atomic E-state index is 0.00772. The number of aromatic amines is 1. The van der Waals surface area contributed by atoms with Gasteiger partial charge in [0.25, 0.3) is 0 Å². The van der Waals surface area contributed by atoms with Crippen LogP contribution >= 0.6 is 11.6 Å². The van der Waals surface area contributed by atoms with E-state index in [0.717, 1.165) is 42.8 Å². The smallest absolute Gasteiger partial charge is 0.410 e. The lowest BCUT2D eigenvalue weighted by Crippen LogP contribution is -2.56. The van der Waals surface area contributed by atoms with Gasteiger partial charge in [0.05, 0.1) is 11.7 Å². The van der Waals surface area contributed by atoms with E-state index in [9.17, 15) is 4.79 Å². The Kier molecular flexibility index (Phi) is 7.17. The molecule has 37 heavy (non-hydrogen) atoms. The Bertz CT molecular complexity index is 1400. The van der Waals surface area contributed by atoms with Crippen molar-refractivity contribution in [2.24, 2.45) is 0 Å². The van der Waals surface area contributed by atoms with Gasteiger partial charge in [-0.05, 0) is 68.1 Å². The molecule has 5 rings (SSSR count). The summed E-state index contributed by atoms with van der Waals surface area (Å²) < 4.78 is 5.78. The van der Waals surface area contributed by atoms with Crippen molar-refractivity contribution in [2.75, 3.05) is 19.6 Å². The van der Waals surface area contributed by atoms with Crippen molar-refractivity contribution >= 4 is 28.6 Å². The summed E-state index contributed by atoms with van der Waals surface area (Å²) in [6.45, 7) is 8.65. The van der Waals surface area contributed by atoms with E-state index in [0.29, 0.717) is 6.54 Å². The lowest BCUT2D eigenvalue weighted by Gasteiger charge is -2.42. The van der Waals surface area contributed by atoms with Crippen LogP contribution in [0.2, 0.25) is 5.28 Å². The maximum Gasteiger partial charge on any atom is 0.410 e. The molecule has 1 N–H and O–H groups in total. The Morgan fingerprint density at radius 3 is 2.78 bits per heavy atom. The number of fused-ring (bicyclic) bond motifs is 1. The van der Waals surface area contributed by atoms with Crippen molar-refractivity contribution in [1.82, 2.24) is 24.8 Å². The van der Waals surface area contributed by atoms with E-state index >= 15 is 0 Å². The molecule has 3 heterocycles. The second-order valence-electron chi connectivity index (χ2n) is 10.5. The number of halogens is 1. The minimum atomic E-state index is -0.538. The zero-order valence-corrected chi connectivity index (χ0v) is 22.2. The summed E-state index contributed by atoms with van der Waals surface area (Å²) in [4.78, 5) is 29.2. The van der Waals surface area contributed by atoms with E-state index in [-0.39, 0.29) is 17.4 Å². The molecular formula is C29H32ClN5O2. The average molecular weight is 518 g/mol. The number of piperazine rings is 1. The molecule has 0 radical (unpaired) electrons. The van der Waals surface area contributed by atoms with Crippen LogP contribution in [0, 0.1) is 0 Å². The molecule has 0 bridgehead atoms. The van der Waals surface area contributed by atoms with E-state index in [2.05, 4.69) is 56.4 Å². The molecule has 0 aliphatic carbocycles. The topological polar surface area (TPSA) is 74.3 Å². The Labute approximate surface area is 222 Å². The fraction of sp³-hybridized carbons (Fsp3) is 0.345. The zero-order valence-electron chi connectivity index (χ0n) is 21.4. The first kappa shape index (κ1) is 25.2. The highest BCUT2D eigenvalue weighted by Gasteiger charge is 2.34. The summed E-state index contributed by atoms with van der Waals surface area (Å²) in [6, 6.07) is 18.5. The summed E-state index contributed by atoms with van der Waals surface area (Å²) in [7, 11) is 0. The molecule has 1 atom stereocenters. The van der Waals surface area contributed by atoms with Gasteiger partial charge in [-0.1, -0.05) is 36.4 Å². The lowest BCUT2D eigenvalue weighted by atomic mass is 10.0. The van der Waals surface area contributed by atoms with Gasteiger partial charge < -0.3 is 14.6 Å². The summed E-state index contributed by atoms with van der Waals surface area (Å²) in [5, 5.41) is 1.43. The molecule has 1 fully saturated rings. The summed E-state index contributed by atoms with van der Waals surface area (Å²) in [6.07, 6.45) is 4.23. The van der Waals surface area contributed by atoms with E-state index in [4.69, 9.17) is 16.3 Å². The van der Waals surface area contributed by atoms with Crippen molar-refractivity contribution < 1.29 is 9.53 Å². The van der Waals surface area contributed by atoms with Crippen LogP contribution in [-0.4, -0.2) is 62.1 Å². The predicted octanol–water partition coefficient (Wildman–Crippen LogP) is 5.94. The molecule has 192 valence electrons. The predicted molar refractivity (Wildman–Crippen MR) is 146 cm³/mol. The highest BCUT2D eigenvalue weighted by atomic mass is 35.5. The van der Waals surface area contributed by atoms with Crippen LogP contribution in [0.15, 0.2) is 67.0 Å². The van der Waals surface area contributed by atoms with Crippen molar-refractivity contribution in [3.8, 4) is 11.3 Å². The van der Waals surface area contributed by atoms with Gasteiger partial charge in [0.2, 0.25) is 5.28 Å². The van der Waals surface area contributed by atoms with Crippen LogP contribution in [0.3, 0.4) is 0 Å². The van der Waals surface area contributed by atoms with E-state index in [1.54, 1.807) is 6.20 Å². The maximum absolute atomic E-state index is 13.2. The number of nitrogens with one attached hydrogen (secondary N) is 1. The third kappa shape index (κ3) is 6.12. The monoisotopic (exact) mass is 517 g/mol. The SMILES string of the molecule is CC(C)(C)OC(=O)N1CCN(Cc2cccc(-c3ccnc(Cl)n3)c2)CC1Cc1c[nH]c2ccccc12. The molecule has 7 nitrogen and oxygen atoms in total. The number of H-pyrrole nitrogens is 1. The zero-order chi connectivity index (χ0) is 26.0. The van der Waals surface area contributed by atoms with E-state index < -0.39 is 5.60 Å². The molecule has 1 amide bonds. The molecule has 2 aromatic heterocycles. The molecular weight excluding hydrogens is 486 g/mol. The highest BCUT2D eigenvalue weighted by molar-refractivity contribution is 6.28. The number of aromatic nitrogens is 3. The van der Waals surface area contributed by atoms with Gasteiger partial charge in [-0.15, -0.1) is 0 Å². The van der Waals surface area contributed by atoms with Crippen LogP contribution in [0.25, 0.3) is 22.2 Å². The molecule has 0 spiro atoms. The number of hydrogen-bond acceptors (Lipinski definition) is 5. The average Bonchev–Trinajstić information content (AvgIpc) is 3.26. The van der Waals surface area contributed by atoms with Gasteiger partial charge in [-0.25, -0.2) is 14.8 Å². The quantitative estimate of drug-likeness (QED) is 0.331. The van der Waals surface area contributed by atoms with E-state index in [1.165, 1.54) is 16.5 Å². The molecule has 2 aromatic carbocycles. The Morgan fingerprint density at radius 2 is 1.97 bits per heavy atom. The number of nitrogens with zero attached hydrogens (tertiary/aromatic N) is 4. The van der Waals surface area contributed by atoms with E-state index in [1.807, 2.05) is 49.9 Å². The number of carbonyl (C=O) groups is 1. The van der Waals surface area contributed by atoms with Crippen LogP contribution in [0.4, 0.5) is 4.79 Å². The molecule has 1 saturated heterocycles. The number of hydrogen-bond donors (Lipinski definition) is 1. The third-order valence-corrected chi connectivity index (χ3v) is 6.76. The fourth-order valence-electron chi connectivity index (χ4n) is 4.94. The Hall–Kier alpha value is -3.42. The third-order valence-electron chi connectivity index (χ3n) is 6.58. The first-order chi connectivity index (χ1) is 17.7. The number of ether oxygens (including phenoxy) is 1. The number of rotatable bonds is 5. The number of para-hydroxylation sites is 1. The second-order valence-corrected chi connectivity index (χ2v) is 10.9. The molecule has 8 heteroatoms. The van der Waals surface area contributed by atoms with Gasteiger partial charge in [0.15, 0.2) is 0 Å². The minimum Gasteiger partial charge on any atom is -0.444 e. The van der Waals surface area contributed by atoms with Crippen LogP contribution < -0.4 is 0 Å². The number of amides is 1. The first-order valence-corrected chi connectivity index (χ1v) is 13.0. The number of benzene rings is 2. The molecule has 1 unspecified atom stereocenters. The van der Waals surface area contributed by atoms with Crippen LogP contribution in [0.5, 0.6) is 0 Å². The van der Waals surface area contributed by atoms with Gasteiger partial charge in [0, 0.05) is 55.0 Å². The molecule has 0 saturated carbocycles. The van der Waals surface area contributed by atoms with Crippen LogP contribution in [-0.2, 0) is 17.7 Å². The molecule has 1 aliphatic heterocycles. The van der Waals surface area contributed by atoms with Gasteiger partial charge in [-0.3, -0.25) is 4.90 Å². The van der Waals surface area contributed by atoms with Crippen molar-refractivity contribution in [3.63, 3.8) is 0 Å². The highest BCUT2D eigenvalue weighted by Crippen LogP contribution is 2.25. The van der Waals surface area contributed by atoms with Gasteiger partial charge >= 0.3 is 6.09 Å². The summed E-state index contributed by atoms with van der Waals surface area (Å²) >= 11 is 6.00. The number of carbonyl (C=O) groups excluding carboxylic acids is 1. The fourth-order valence-corrected chi connectivity index (χ4v) is 5.08. The molecule has 1 aliphatic rings. The Balaban J connectivity index is 1.36. The van der Waals surface area contributed by atoms with Crippen LogP contribution in [0.1, 0.15) is 31.9 Å². The normalized spacial score (nSPS) is 16.8. The summed E-state index contributed by atoms with van der Waals surface area (Å²) in [5.41, 5.74) is 4.76. The first-order valence-electron chi connectivity index (χ1n) is 12.6. The van der Waals surface area contributed by atoms with Gasteiger partial charge in [-0.2, -0.15) is 0 Å². The second kappa shape index (κ2) is 10.5. The molecule has 4 aromatic rings. The largest absolute Gasteiger partial charge is 0.444 e. The Morgan fingerprint density at radius 1 is 1.14 bits per heavy atom. The maximum atomic E-state index is 13.2. The van der Waals surface area contributed by atoms with Gasteiger partial charge in [0.1, 0.15) is 5.60 Å². The van der Waals surface area contributed by atoms with Crippen molar-refractivity contribution in [3.05, 3.63) is 83.4 Å². The van der Waals surface area contributed by atoms with Crippen molar-refractivity contribution in [1.29, 1.82) is 0 Å². The van der Waals surface area contributed by atoms with Crippen molar-refractivity contribution in [2.45, 2.75) is 45.4 Å². The standard InChI is InChI=1S/C29H32ClN5O2/c1-29(2,3)37-28(36)35-14-13-34(19-23(35)16-22-17-32-26-10-5-4-9-24(22)26)18-20-7-6-8-21(15-20)25-11-12-31-27(30)33-25/h4-12,15,17,23,32H,13-14,16,18-19H2,1-3H3. The summed E-state index contributed by atoms with van der Waals surface area (Å²) in [5.74, 6) is 0. The lowest BCUT2D eigenvalue weighted by molar-refractivity contribution is -0.00228.